The summed E-state index contributed by atoms with van der Waals surface area (Å²) in [6.45, 7) is 1.67. The summed E-state index contributed by atoms with van der Waals surface area (Å²) >= 11 is 7.39. The summed E-state index contributed by atoms with van der Waals surface area (Å²) in [6, 6.07) is 21.7. The third-order valence-electron chi connectivity index (χ3n) is 4.99. The highest BCUT2D eigenvalue weighted by atomic mass is 32.1. The molecule has 7 heteroatoms. The molecule has 4 rings (SSSR count). The first kappa shape index (κ1) is 21.1. The van der Waals surface area contributed by atoms with E-state index in [4.69, 9.17) is 17.0 Å². The molecule has 2 aromatic carbocycles. The van der Waals surface area contributed by atoms with Crippen LogP contribution in [0.5, 0.6) is 5.75 Å². The van der Waals surface area contributed by atoms with E-state index in [2.05, 4.69) is 28.5 Å². The SMILES string of the molecule is COc1ccc2[nH]c(=O)c(CN(Cc3cccs3)C(=S)NCc3ccccc3)cc2c1. The van der Waals surface area contributed by atoms with Gasteiger partial charge >= 0.3 is 0 Å². The van der Waals surface area contributed by atoms with Crippen LogP contribution in [-0.2, 0) is 19.6 Å². The molecule has 0 fully saturated rings. The van der Waals surface area contributed by atoms with Crippen molar-refractivity contribution in [3.05, 3.63) is 98.5 Å². The third-order valence-corrected chi connectivity index (χ3v) is 6.25. The van der Waals surface area contributed by atoms with Gasteiger partial charge in [-0.3, -0.25) is 4.79 Å². The van der Waals surface area contributed by atoms with Gasteiger partial charge in [0.25, 0.3) is 5.56 Å². The van der Waals surface area contributed by atoms with Gasteiger partial charge in [0.05, 0.1) is 20.2 Å². The number of hydrogen-bond acceptors (Lipinski definition) is 4. The quantitative estimate of drug-likeness (QED) is 0.402. The molecule has 0 atom stereocenters. The van der Waals surface area contributed by atoms with E-state index < -0.39 is 0 Å². The summed E-state index contributed by atoms with van der Waals surface area (Å²) in [4.78, 5) is 18.9. The Morgan fingerprint density at radius 3 is 2.68 bits per heavy atom. The van der Waals surface area contributed by atoms with Gasteiger partial charge in [-0.15, -0.1) is 11.3 Å². The number of methoxy groups -OCH3 is 1. The van der Waals surface area contributed by atoms with Gasteiger partial charge in [-0.05, 0) is 53.5 Å². The molecular formula is C24H23N3O2S2. The summed E-state index contributed by atoms with van der Waals surface area (Å²) in [5.41, 5.74) is 2.47. The molecule has 0 radical (unpaired) electrons. The zero-order valence-electron chi connectivity index (χ0n) is 17.1. The molecule has 0 saturated heterocycles. The van der Waals surface area contributed by atoms with Crippen molar-refractivity contribution < 1.29 is 4.74 Å². The molecule has 0 aliphatic carbocycles. The number of aromatic amines is 1. The predicted molar refractivity (Wildman–Crippen MR) is 131 cm³/mol. The van der Waals surface area contributed by atoms with E-state index in [1.165, 1.54) is 4.88 Å². The van der Waals surface area contributed by atoms with Gasteiger partial charge in [-0.25, -0.2) is 0 Å². The number of aromatic nitrogens is 1. The number of fused-ring (bicyclic) bond motifs is 1. The van der Waals surface area contributed by atoms with Gasteiger partial charge in [0, 0.05) is 27.9 Å². The van der Waals surface area contributed by atoms with Crippen LogP contribution in [0.1, 0.15) is 16.0 Å². The lowest BCUT2D eigenvalue weighted by molar-refractivity contribution is 0.400. The number of hydrogen-bond donors (Lipinski definition) is 2. The number of pyridine rings is 1. The molecule has 2 N–H and O–H groups in total. The average molecular weight is 450 g/mol. The Hall–Kier alpha value is -3.16. The molecule has 5 nitrogen and oxygen atoms in total. The van der Waals surface area contributed by atoms with Crippen molar-refractivity contribution in [2.45, 2.75) is 19.6 Å². The normalized spacial score (nSPS) is 10.7. The van der Waals surface area contributed by atoms with Crippen molar-refractivity contribution in [3.63, 3.8) is 0 Å². The molecule has 2 heterocycles. The first-order chi connectivity index (χ1) is 15.1. The highest BCUT2D eigenvalue weighted by molar-refractivity contribution is 7.80. The fraction of sp³-hybridized carbons (Fsp3) is 0.167. The van der Waals surface area contributed by atoms with Gasteiger partial charge in [-0.2, -0.15) is 0 Å². The second-order valence-corrected chi connectivity index (χ2v) is 8.58. The Kier molecular flexibility index (Phi) is 6.64. The molecule has 0 aliphatic heterocycles. The van der Waals surface area contributed by atoms with Gasteiger partial charge < -0.3 is 19.9 Å². The van der Waals surface area contributed by atoms with Gasteiger partial charge in [0.2, 0.25) is 0 Å². The van der Waals surface area contributed by atoms with E-state index >= 15 is 0 Å². The van der Waals surface area contributed by atoms with Crippen LogP contribution in [0.25, 0.3) is 10.9 Å². The minimum absolute atomic E-state index is 0.111. The monoisotopic (exact) mass is 449 g/mol. The molecule has 0 unspecified atom stereocenters. The fourth-order valence-electron chi connectivity index (χ4n) is 3.36. The number of benzene rings is 2. The maximum atomic E-state index is 12.8. The molecule has 158 valence electrons. The Labute approximate surface area is 190 Å². The lowest BCUT2D eigenvalue weighted by Gasteiger charge is -2.25. The van der Waals surface area contributed by atoms with E-state index in [0.29, 0.717) is 30.3 Å². The van der Waals surface area contributed by atoms with Crippen LogP contribution >= 0.6 is 23.6 Å². The second-order valence-electron chi connectivity index (χ2n) is 7.16. The first-order valence-electron chi connectivity index (χ1n) is 9.91. The summed E-state index contributed by atoms with van der Waals surface area (Å²) < 4.78 is 5.32. The summed E-state index contributed by atoms with van der Waals surface area (Å²) in [7, 11) is 1.63. The first-order valence-corrected chi connectivity index (χ1v) is 11.2. The largest absolute Gasteiger partial charge is 0.497 e. The molecule has 31 heavy (non-hydrogen) atoms. The van der Waals surface area contributed by atoms with Crippen molar-refractivity contribution in [3.8, 4) is 5.75 Å². The van der Waals surface area contributed by atoms with E-state index in [1.807, 2.05) is 58.8 Å². The smallest absolute Gasteiger partial charge is 0.253 e. The lowest BCUT2D eigenvalue weighted by atomic mass is 10.1. The number of nitrogens with zero attached hydrogens (tertiary/aromatic N) is 1. The minimum atomic E-state index is -0.111. The number of nitrogens with one attached hydrogen (secondary N) is 2. The Morgan fingerprint density at radius 1 is 1.10 bits per heavy atom. The van der Waals surface area contributed by atoms with Crippen LogP contribution in [0.2, 0.25) is 0 Å². The summed E-state index contributed by atoms with van der Waals surface area (Å²) in [5, 5.41) is 6.92. The third kappa shape index (κ3) is 5.31. The Balaban J connectivity index is 1.58. The molecule has 2 aromatic heterocycles. The summed E-state index contributed by atoms with van der Waals surface area (Å²) in [6.07, 6.45) is 0. The predicted octanol–water partition coefficient (Wildman–Crippen LogP) is 4.68. The zero-order chi connectivity index (χ0) is 21.6. The van der Waals surface area contributed by atoms with E-state index in [0.717, 1.165) is 22.2 Å². The van der Waals surface area contributed by atoms with Crippen molar-refractivity contribution in [2.24, 2.45) is 0 Å². The van der Waals surface area contributed by atoms with Crippen LogP contribution in [-0.4, -0.2) is 22.1 Å². The van der Waals surface area contributed by atoms with Crippen molar-refractivity contribution in [2.75, 3.05) is 7.11 Å². The highest BCUT2D eigenvalue weighted by Gasteiger charge is 2.15. The second kappa shape index (κ2) is 9.76. The molecule has 0 bridgehead atoms. The fourth-order valence-corrected chi connectivity index (χ4v) is 4.28. The number of H-pyrrole nitrogens is 1. The van der Waals surface area contributed by atoms with Crippen molar-refractivity contribution in [1.82, 2.24) is 15.2 Å². The van der Waals surface area contributed by atoms with Crippen LogP contribution in [0, 0.1) is 0 Å². The topological polar surface area (TPSA) is 57.4 Å². The van der Waals surface area contributed by atoms with Crippen LogP contribution in [0.4, 0.5) is 0 Å². The van der Waals surface area contributed by atoms with Gasteiger partial charge in [0.15, 0.2) is 5.11 Å². The average Bonchev–Trinajstić information content (AvgIpc) is 3.31. The zero-order valence-corrected chi connectivity index (χ0v) is 18.8. The van der Waals surface area contributed by atoms with Crippen LogP contribution in [0.3, 0.4) is 0 Å². The molecule has 0 aliphatic rings. The molecule has 4 aromatic rings. The molecule has 0 spiro atoms. The van der Waals surface area contributed by atoms with E-state index in [1.54, 1.807) is 18.4 Å². The lowest BCUT2D eigenvalue weighted by Crippen LogP contribution is -2.39. The van der Waals surface area contributed by atoms with Gasteiger partial charge in [0.1, 0.15) is 5.75 Å². The van der Waals surface area contributed by atoms with Crippen molar-refractivity contribution >= 4 is 39.6 Å². The Bertz CT molecular complexity index is 1220. The van der Waals surface area contributed by atoms with Gasteiger partial charge in [-0.1, -0.05) is 36.4 Å². The van der Waals surface area contributed by atoms with E-state index in [9.17, 15) is 4.79 Å². The molecular weight excluding hydrogens is 426 g/mol. The maximum Gasteiger partial charge on any atom is 0.253 e. The summed E-state index contributed by atoms with van der Waals surface area (Å²) in [5.74, 6) is 0.751. The van der Waals surface area contributed by atoms with Crippen LogP contribution in [0.15, 0.2) is 76.9 Å². The number of rotatable bonds is 7. The van der Waals surface area contributed by atoms with Crippen molar-refractivity contribution in [1.29, 1.82) is 0 Å². The molecule has 0 amide bonds. The standard InChI is InChI=1S/C24H23N3O2S2/c1-29-20-9-10-22-18(13-20)12-19(23(28)26-22)15-27(16-21-8-5-11-31-21)24(30)25-14-17-6-3-2-4-7-17/h2-13H,14-16H2,1H3,(H,25,30)(H,26,28). The minimum Gasteiger partial charge on any atom is -0.497 e. The number of thiocarbonyl (C=S) groups is 1. The van der Waals surface area contributed by atoms with Crippen LogP contribution < -0.4 is 15.6 Å². The number of ether oxygens (including phenoxy) is 1. The highest BCUT2D eigenvalue weighted by Crippen LogP contribution is 2.20. The van der Waals surface area contributed by atoms with E-state index in [-0.39, 0.29) is 5.56 Å². The molecule has 0 saturated carbocycles. The Morgan fingerprint density at radius 2 is 1.94 bits per heavy atom. The maximum absolute atomic E-state index is 12.8. The number of thiophene rings is 1.